The van der Waals surface area contributed by atoms with Crippen molar-refractivity contribution in [3.05, 3.63) is 11.9 Å². The van der Waals surface area contributed by atoms with Crippen molar-refractivity contribution in [2.75, 3.05) is 12.4 Å². The molecule has 0 amide bonds. The zero-order chi connectivity index (χ0) is 14.7. The Hall–Kier alpha value is -1.32. The van der Waals surface area contributed by atoms with E-state index >= 15 is 0 Å². The highest BCUT2D eigenvalue weighted by atomic mass is 16.5. The van der Waals surface area contributed by atoms with E-state index in [1.807, 2.05) is 7.05 Å². The van der Waals surface area contributed by atoms with Gasteiger partial charge in [-0.25, -0.2) is 9.97 Å². The van der Waals surface area contributed by atoms with Gasteiger partial charge in [-0.2, -0.15) is 0 Å². The molecule has 112 valence electrons. The third-order valence-corrected chi connectivity index (χ3v) is 4.08. The Kier molecular flexibility index (Phi) is 4.84. The van der Waals surface area contributed by atoms with Crippen LogP contribution in [0.3, 0.4) is 0 Å². The summed E-state index contributed by atoms with van der Waals surface area (Å²) in [4.78, 5) is 8.68. The fourth-order valence-corrected chi connectivity index (χ4v) is 3.32. The van der Waals surface area contributed by atoms with Crippen LogP contribution >= 0.6 is 0 Å². The minimum atomic E-state index is 0.283. The largest absolute Gasteiger partial charge is 0.474 e. The van der Waals surface area contributed by atoms with Crippen LogP contribution in [-0.2, 0) is 0 Å². The average Bonchev–Trinajstić information content (AvgIpc) is 2.36. The summed E-state index contributed by atoms with van der Waals surface area (Å²) in [6.07, 6.45) is 5.43. The van der Waals surface area contributed by atoms with E-state index in [2.05, 4.69) is 43.0 Å². The highest BCUT2D eigenvalue weighted by molar-refractivity contribution is 5.50. The molecule has 0 radical (unpaired) electrons. The highest BCUT2D eigenvalue weighted by Gasteiger charge is 2.27. The van der Waals surface area contributed by atoms with Gasteiger partial charge in [0.05, 0.1) is 5.56 Å². The molecule has 1 fully saturated rings. The highest BCUT2D eigenvalue weighted by Crippen LogP contribution is 2.35. The van der Waals surface area contributed by atoms with Crippen LogP contribution in [0.25, 0.3) is 0 Å². The van der Waals surface area contributed by atoms with Crippen LogP contribution in [0.1, 0.15) is 58.4 Å². The lowest BCUT2D eigenvalue weighted by atomic mass is 9.82. The first-order valence-corrected chi connectivity index (χ1v) is 7.70. The van der Waals surface area contributed by atoms with Crippen molar-refractivity contribution in [2.24, 2.45) is 11.8 Å². The van der Waals surface area contributed by atoms with Gasteiger partial charge in [-0.1, -0.05) is 27.7 Å². The minimum absolute atomic E-state index is 0.283. The number of nitrogens with zero attached hydrogens (tertiary/aromatic N) is 2. The molecule has 0 saturated heterocycles. The van der Waals surface area contributed by atoms with Crippen LogP contribution < -0.4 is 10.1 Å². The minimum Gasteiger partial charge on any atom is -0.474 e. The Bertz CT molecular complexity index is 437. The summed E-state index contributed by atoms with van der Waals surface area (Å²) in [5.41, 5.74) is 1.08. The van der Waals surface area contributed by atoms with Crippen molar-refractivity contribution in [2.45, 2.75) is 59.0 Å². The molecular formula is C16H27N3O. The second kappa shape index (κ2) is 6.42. The van der Waals surface area contributed by atoms with Crippen molar-refractivity contribution in [1.29, 1.82) is 0 Å². The van der Waals surface area contributed by atoms with Crippen molar-refractivity contribution in [3.63, 3.8) is 0 Å². The predicted octanol–water partition coefficient (Wildman–Crippen LogP) is 3.85. The molecule has 2 rings (SSSR count). The zero-order valence-electron chi connectivity index (χ0n) is 13.3. The Morgan fingerprint density at radius 3 is 2.35 bits per heavy atom. The van der Waals surface area contributed by atoms with E-state index in [0.29, 0.717) is 5.92 Å². The SMILES string of the molecule is CNc1ncnc(OC2CC(C)CC(C)C2)c1C(C)C. The van der Waals surface area contributed by atoms with E-state index in [1.165, 1.54) is 6.42 Å². The van der Waals surface area contributed by atoms with Crippen molar-refractivity contribution >= 4 is 5.82 Å². The van der Waals surface area contributed by atoms with E-state index in [4.69, 9.17) is 4.74 Å². The van der Waals surface area contributed by atoms with E-state index in [1.54, 1.807) is 6.33 Å². The molecule has 4 heteroatoms. The fourth-order valence-electron chi connectivity index (χ4n) is 3.32. The number of ether oxygens (including phenoxy) is 1. The first kappa shape index (κ1) is 15.1. The van der Waals surface area contributed by atoms with Gasteiger partial charge in [0, 0.05) is 7.05 Å². The molecular weight excluding hydrogens is 250 g/mol. The third kappa shape index (κ3) is 3.41. The summed E-state index contributed by atoms with van der Waals surface area (Å²) in [5, 5.41) is 3.14. The van der Waals surface area contributed by atoms with Crippen molar-refractivity contribution < 1.29 is 4.74 Å². The molecule has 1 aliphatic rings. The molecule has 1 aliphatic carbocycles. The second-order valence-corrected chi connectivity index (χ2v) is 6.50. The summed E-state index contributed by atoms with van der Waals surface area (Å²) < 4.78 is 6.24. The average molecular weight is 277 g/mol. The summed E-state index contributed by atoms with van der Waals surface area (Å²) in [6, 6.07) is 0. The first-order chi connectivity index (χ1) is 9.51. The summed E-state index contributed by atoms with van der Waals surface area (Å²) in [6.45, 7) is 8.93. The molecule has 0 bridgehead atoms. The molecule has 1 saturated carbocycles. The maximum absolute atomic E-state index is 6.24. The van der Waals surface area contributed by atoms with E-state index < -0.39 is 0 Å². The molecule has 4 nitrogen and oxygen atoms in total. The molecule has 2 atom stereocenters. The van der Waals surface area contributed by atoms with Gasteiger partial charge in [0.1, 0.15) is 18.2 Å². The second-order valence-electron chi connectivity index (χ2n) is 6.50. The van der Waals surface area contributed by atoms with Crippen LogP contribution in [0.15, 0.2) is 6.33 Å². The first-order valence-electron chi connectivity index (χ1n) is 7.70. The quantitative estimate of drug-likeness (QED) is 0.908. The van der Waals surface area contributed by atoms with Crippen molar-refractivity contribution in [1.82, 2.24) is 9.97 Å². The zero-order valence-corrected chi connectivity index (χ0v) is 13.3. The Morgan fingerprint density at radius 1 is 1.15 bits per heavy atom. The van der Waals surface area contributed by atoms with E-state index in [0.717, 1.165) is 41.9 Å². The normalized spacial score (nSPS) is 26.6. The summed E-state index contributed by atoms with van der Waals surface area (Å²) in [5.74, 6) is 3.44. The topological polar surface area (TPSA) is 47.0 Å². The van der Waals surface area contributed by atoms with Crippen LogP contribution in [-0.4, -0.2) is 23.1 Å². The number of hydrogen-bond acceptors (Lipinski definition) is 4. The van der Waals surface area contributed by atoms with Crippen LogP contribution in [0.2, 0.25) is 0 Å². The molecule has 20 heavy (non-hydrogen) atoms. The molecule has 1 N–H and O–H groups in total. The lowest BCUT2D eigenvalue weighted by molar-refractivity contribution is 0.0953. The van der Waals surface area contributed by atoms with E-state index in [9.17, 15) is 0 Å². The van der Waals surface area contributed by atoms with Gasteiger partial charge in [0.15, 0.2) is 0 Å². The maximum atomic E-state index is 6.24. The van der Waals surface area contributed by atoms with Gasteiger partial charge in [0.2, 0.25) is 5.88 Å². The number of anilines is 1. The monoisotopic (exact) mass is 277 g/mol. The third-order valence-electron chi connectivity index (χ3n) is 4.08. The Labute approximate surface area is 122 Å². The molecule has 1 aromatic rings. The standard InChI is InChI=1S/C16H27N3O/c1-10(2)14-15(17-5)18-9-19-16(14)20-13-7-11(3)6-12(4)8-13/h9-13H,6-8H2,1-5H3,(H,17,18,19). The smallest absolute Gasteiger partial charge is 0.222 e. The van der Waals surface area contributed by atoms with Gasteiger partial charge in [0.25, 0.3) is 0 Å². The molecule has 1 aromatic heterocycles. The fraction of sp³-hybridized carbons (Fsp3) is 0.750. The van der Waals surface area contributed by atoms with Gasteiger partial charge < -0.3 is 10.1 Å². The summed E-state index contributed by atoms with van der Waals surface area (Å²) in [7, 11) is 1.89. The molecule has 1 heterocycles. The number of hydrogen-bond donors (Lipinski definition) is 1. The van der Waals surface area contributed by atoms with Gasteiger partial charge in [-0.3, -0.25) is 0 Å². The Balaban J connectivity index is 2.20. The summed E-state index contributed by atoms with van der Waals surface area (Å²) >= 11 is 0. The van der Waals surface area contributed by atoms with E-state index in [-0.39, 0.29) is 6.10 Å². The lowest BCUT2D eigenvalue weighted by Gasteiger charge is -2.32. The van der Waals surface area contributed by atoms with Crippen LogP contribution in [0.5, 0.6) is 5.88 Å². The van der Waals surface area contributed by atoms with Crippen molar-refractivity contribution in [3.8, 4) is 5.88 Å². The molecule has 2 unspecified atom stereocenters. The van der Waals surface area contributed by atoms with Crippen LogP contribution in [0.4, 0.5) is 5.82 Å². The van der Waals surface area contributed by atoms with Gasteiger partial charge in [-0.15, -0.1) is 0 Å². The maximum Gasteiger partial charge on any atom is 0.222 e. The molecule has 0 aliphatic heterocycles. The van der Waals surface area contributed by atoms with Gasteiger partial charge in [-0.05, 0) is 37.0 Å². The lowest BCUT2D eigenvalue weighted by Crippen LogP contribution is -2.29. The number of aromatic nitrogens is 2. The predicted molar refractivity (Wildman–Crippen MR) is 82.3 cm³/mol. The number of nitrogens with one attached hydrogen (secondary N) is 1. The van der Waals surface area contributed by atoms with Gasteiger partial charge >= 0.3 is 0 Å². The molecule has 0 aromatic carbocycles. The van der Waals surface area contributed by atoms with Crippen LogP contribution in [0, 0.1) is 11.8 Å². The molecule has 0 spiro atoms. The number of rotatable bonds is 4. The Morgan fingerprint density at radius 2 is 1.80 bits per heavy atom.